The second-order valence-corrected chi connectivity index (χ2v) is 5.13. The smallest absolute Gasteiger partial charge is 0.309 e. The summed E-state index contributed by atoms with van der Waals surface area (Å²) in [5, 5.41) is 5.10. The quantitative estimate of drug-likeness (QED) is 0.705. The van der Waals surface area contributed by atoms with Gasteiger partial charge in [-0.2, -0.15) is 0 Å². The molecular weight excluding hydrogens is 260 g/mol. The van der Waals surface area contributed by atoms with Crippen molar-refractivity contribution in [1.82, 2.24) is 10.6 Å². The zero-order valence-electron chi connectivity index (χ0n) is 12.2. The largest absolute Gasteiger partial charge is 0.455 e. The van der Waals surface area contributed by atoms with E-state index in [4.69, 9.17) is 4.74 Å². The SMILES string of the molecule is CCNC(=O)[C@@H](C)NC(=O)COC(=O)C1CCCCC1. The lowest BCUT2D eigenvalue weighted by molar-refractivity contribution is -0.153. The minimum Gasteiger partial charge on any atom is -0.455 e. The van der Waals surface area contributed by atoms with Crippen LogP contribution in [0.4, 0.5) is 0 Å². The molecule has 20 heavy (non-hydrogen) atoms. The lowest BCUT2D eigenvalue weighted by atomic mass is 9.89. The van der Waals surface area contributed by atoms with Gasteiger partial charge in [-0.3, -0.25) is 14.4 Å². The van der Waals surface area contributed by atoms with Crippen molar-refractivity contribution >= 4 is 17.8 Å². The molecule has 6 heteroatoms. The number of likely N-dealkylation sites (N-methyl/N-ethyl adjacent to an activating group) is 1. The third-order valence-electron chi connectivity index (χ3n) is 3.41. The monoisotopic (exact) mass is 284 g/mol. The number of amides is 2. The van der Waals surface area contributed by atoms with Crippen molar-refractivity contribution in [1.29, 1.82) is 0 Å². The number of rotatable bonds is 6. The molecule has 114 valence electrons. The maximum absolute atomic E-state index is 11.7. The summed E-state index contributed by atoms with van der Waals surface area (Å²) in [5.74, 6) is -1.07. The first-order valence-corrected chi connectivity index (χ1v) is 7.28. The Morgan fingerprint density at radius 1 is 1.20 bits per heavy atom. The van der Waals surface area contributed by atoms with Crippen molar-refractivity contribution in [3.8, 4) is 0 Å². The van der Waals surface area contributed by atoms with Crippen molar-refractivity contribution in [2.24, 2.45) is 5.92 Å². The fraction of sp³-hybridized carbons (Fsp3) is 0.786. The number of carbonyl (C=O) groups is 3. The molecular formula is C14H24N2O4. The molecule has 1 saturated carbocycles. The van der Waals surface area contributed by atoms with Crippen LogP contribution in [0.3, 0.4) is 0 Å². The van der Waals surface area contributed by atoms with Gasteiger partial charge in [0.05, 0.1) is 5.92 Å². The van der Waals surface area contributed by atoms with Gasteiger partial charge >= 0.3 is 5.97 Å². The fourth-order valence-corrected chi connectivity index (χ4v) is 2.27. The number of carbonyl (C=O) groups excluding carboxylic acids is 3. The Hall–Kier alpha value is -1.59. The van der Waals surface area contributed by atoms with Crippen LogP contribution < -0.4 is 10.6 Å². The van der Waals surface area contributed by atoms with Gasteiger partial charge in [-0.25, -0.2) is 0 Å². The van der Waals surface area contributed by atoms with Gasteiger partial charge in [0.15, 0.2) is 6.61 Å². The zero-order valence-corrected chi connectivity index (χ0v) is 12.2. The highest BCUT2D eigenvalue weighted by Crippen LogP contribution is 2.24. The molecule has 2 N–H and O–H groups in total. The first-order chi connectivity index (χ1) is 9.54. The molecule has 1 atom stereocenters. The minimum atomic E-state index is -0.629. The Labute approximate surface area is 119 Å². The van der Waals surface area contributed by atoms with Gasteiger partial charge in [0.1, 0.15) is 6.04 Å². The standard InChI is InChI=1S/C14H24N2O4/c1-3-15-13(18)10(2)16-12(17)9-20-14(19)11-7-5-4-6-8-11/h10-11H,3-9H2,1-2H3,(H,15,18)(H,16,17)/t10-/m1/s1. The molecule has 0 aromatic carbocycles. The Morgan fingerprint density at radius 3 is 2.45 bits per heavy atom. The first kappa shape index (κ1) is 16.5. The lowest BCUT2D eigenvalue weighted by Gasteiger charge is -2.20. The van der Waals surface area contributed by atoms with Gasteiger partial charge in [-0.05, 0) is 26.7 Å². The predicted molar refractivity (Wildman–Crippen MR) is 73.8 cm³/mol. The molecule has 2 amide bonds. The van der Waals surface area contributed by atoms with Crippen molar-refractivity contribution in [3.05, 3.63) is 0 Å². The maximum Gasteiger partial charge on any atom is 0.309 e. The molecule has 6 nitrogen and oxygen atoms in total. The van der Waals surface area contributed by atoms with Crippen molar-refractivity contribution in [3.63, 3.8) is 0 Å². The molecule has 1 fully saturated rings. The van der Waals surface area contributed by atoms with Gasteiger partial charge in [0.2, 0.25) is 5.91 Å². The van der Waals surface area contributed by atoms with E-state index in [-0.39, 0.29) is 24.4 Å². The van der Waals surface area contributed by atoms with E-state index >= 15 is 0 Å². The van der Waals surface area contributed by atoms with E-state index in [0.29, 0.717) is 6.54 Å². The van der Waals surface area contributed by atoms with Crippen LogP contribution >= 0.6 is 0 Å². The Kier molecular flexibility index (Phi) is 7.04. The number of hydrogen-bond donors (Lipinski definition) is 2. The first-order valence-electron chi connectivity index (χ1n) is 7.28. The Balaban J connectivity index is 2.25. The number of ether oxygens (including phenoxy) is 1. The number of hydrogen-bond acceptors (Lipinski definition) is 4. The summed E-state index contributed by atoms with van der Waals surface area (Å²) >= 11 is 0. The highest BCUT2D eigenvalue weighted by atomic mass is 16.5. The summed E-state index contributed by atoms with van der Waals surface area (Å²) in [7, 11) is 0. The van der Waals surface area contributed by atoms with Crippen molar-refractivity contribution in [2.45, 2.75) is 52.0 Å². The van der Waals surface area contributed by atoms with Crippen LogP contribution in [0.25, 0.3) is 0 Å². The highest BCUT2D eigenvalue weighted by Gasteiger charge is 2.23. The van der Waals surface area contributed by atoms with Crippen LogP contribution in [0.1, 0.15) is 46.0 Å². The lowest BCUT2D eigenvalue weighted by Crippen LogP contribution is -2.46. The molecule has 1 aliphatic rings. The third-order valence-corrected chi connectivity index (χ3v) is 3.41. The second-order valence-electron chi connectivity index (χ2n) is 5.13. The third kappa shape index (κ3) is 5.59. The van der Waals surface area contributed by atoms with Gasteiger partial charge in [-0.1, -0.05) is 19.3 Å². The summed E-state index contributed by atoms with van der Waals surface area (Å²) in [4.78, 5) is 34.8. The highest BCUT2D eigenvalue weighted by molar-refractivity contribution is 5.88. The minimum absolute atomic E-state index is 0.0719. The predicted octanol–water partition coefficient (Wildman–Crippen LogP) is 0.751. The van der Waals surface area contributed by atoms with Crippen molar-refractivity contribution in [2.75, 3.05) is 13.2 Å². The van der Waals surface area contributed by atoms with Gasteiger partial charge in [0.25, 0.3) is 5.91 Å². The van der Waals surface area contributed by atoms with E-state index in [1.54, 1.807) is 13.8 Å². The Bertz CT molecular complexity index is 351. The maximum atomic E-state index is 11.7. The normalized spacial score (nSPS) is 17.1. The second kappa shape index (κ2) is 8.55. The molecule has 0 radical (unpaired) electrons. The molecule has 1 rings (SSSR count). The molecule has 1 aliphatic carbocycles. The average molecular weight is 284 g/mol. The molecule has 0 heterocycles. The molecule has 0 aliphatic heterocycles. The molecule has 0 aromatic heterocycles. The average Bonchev–Trinajstić information content (AvgIpc) is 2.45. The summed E-state index contributed by atoms with van der Waals surface area (Å²) in [6, 6.07) is -0.629. The number of esters is 1. The van der Waals surface area contributed by atoms with Crippen molar-refractivity contribution < 1.29 is 19.1 Å². The van der Waals surface area contributed by atoms with Gasteiger partial charge < -0.3 is 15.4 Å². The van der Waals surface area contributed by atoms with E-state index in [9.17, 15) is 14.4 Å². The van der Waals surface area contributed by atoms with E-state index in [0.717, 1.165) is 32.1 Å². The van der Waals surface area contributed by atoms with E-state index < -0.39 is 11.9 Å². The van der Waals surface area contributed by atoms with Crippen LogP contribution in [-0.4, -0.2) is 37.0 Å². The molecule has 0 bridgehead atoms. The molecule has 0 spiro atoms. The van der Waals surface area contributed by atoms with Crippen LogP contribution in [0.15, 0.2) is 0 Å². The van der Waals surface area contributed by atoms with E-state index in [2.05, 4.69) is 10.6 Å². The Morgan fingerprint density at radius 2 is 1.85 bits per heavy atom. The van der Waals surface area contributed by atoms with Crippen LogP contribution in [0, 0.1) is 5.92 Å². The summed E-state index contributed by atoms with van der Waals surface area (Å²) in [6.45, 7) is 3.58. The summed E-state index contributed by atoms with van der Waals surface area (Å²) in [5.41, 5.74) is 0. The molecule has 0 unspecified atom stereocenters. The zero-order chi connectivity index (χ0) is 15.0. The fourth-order valence-electron chi connectivity index (χ4n) is 2.27. The summed E-state index contributed by atoms with van der Waals surface area (Å²) in [6.07, 6.45) is 4.93. The van der Waals surface area contributed by atoms with E-state index in [1.807, 2.05) is 0 Å². The van der Waals surface area contributed by atoms with Gasteiger partial charge in [0, 0.05) is 6.54 Å². The van der Waals surface area contributed by atoms with Crippen LogP contribution in [0.2, 0.25) is 0 Å². The number of nitrogens with one attached hydrogen (secondary N) is 2. The van der Waals surface area contributed by atoms with Crippen LogP contribution in [0.5, 0.6) is 0 Å². The molecule has 0 aromatic rings. The topological polar surface area (TPSA) is 84.5 Å². The van der Waals surface area contributed by atoms with Crippen LogP contribution in [-0.2, 0) is 19.1 Å². The van der Waals surface area contributed by atoms with E-state index in [1.165, 1.54) is 0 Å². The molecule has 0 saturated heterocycles. The summed E-state index contributed by atoms with van der Waals surface area (Å²) < 4.78 is 5.00. The van der Waals surface area contributed by atoms with Gasteiger partial charge in [-0.15, -0.1) is 0 Å².